The molecule has 0 saturated carbocycles. The molecule has 0 rings (SSSR count). The van der Waals surface area contributed by atoms with Crippen molar-refractivity contribution in [1.29, 1.82) is 0 Å². The van der Waals surface area contributed by atoms with Crippen molar-refractivity contribution in [3.8, 4) is 0 Å². The molecule has 1 atom stereocenters. The van der Waals surface area contributed by atoms with Crippen LogP contribution in [0.5, 0.6) is 0 Å². The zero-order valence-corrected chi connectivity index (χ0v) is 11.3. The molecule has 1 nitrogen and oxygen atoms in total. The van der Waals surface area contributed by atoms with Crippen LogP contribution >= 0.6 is 11.8 Å². The van der Waals surface area contributed by atoms with E-state index in [1.54, 1.807) is 0 Å². The highest BCUT2D eigenvalue weighted by molar-refractivity contribution is 8.00. The van der Waals surface area contributed by atoms with Crippen molar-refractivity contribution in [1.82, 2.24) is 5.32 Å². The lowest BCUT2D eigenvalue weighted by Crippen LogP contribution is -2.36. The van der Waals surface area contributed by atoms with E-state index in [1.165, 1.54) is 0 Å². The van der Waals surface area contributed by atoms with Gasteiger partial charge in [0.1, 0.15) is 0 Å². The average Bonchev–Trinajstić information content (AvgIpc) is 2.12. The highest BCUT2D eigenvalue weighted by Crippen LogP contribution is 2.36. The highest BCUT2D eigenvalue weighted by Gasteiger charge is 2.32. The number of alkyl halides is 3. The molecule has 0 fully saturated rings. The lowest BCUT2D eigenvalue weighted by molar-refractivity contribution is -0.0329. The van der Waals surface area contributed by atoms with E-state index >= 15 is 0 Å². The van der Waals surface area contributed by atoms with E-state index in [4.69, 9.17) is 0 Å². The molecule has 0 spiro atoms. The highest BCUT2D eigenvalue weighted by atomic mass is 32.2. The van der Waals surface area contributed by atoms with Gasteiger partial charge < -0.3 is 5.32 Å². The fourth-order valence-electron chi connectivity index (χ4n) is 1.39. The number of hydrogen-bond donors (Lipinski definition) is 1. The fourth-order valence-corrected chi connectivity index (χ4v) is 2.19. The summed E-state index contributed by atoms with van der Waals surface area (Å²) in [4.78, 5) is 0. The molecule has 0 saturated heterocycles. The lowest BCUT2D eigenvalue weighted by atomic mass is 9.77. The van der Waals surface area contributed by atoms with E-state index < -0.39 is 5.51 Å². The maximum atomic E-state index is 12.0. The zero-order chi connectivity index (χ0) is 12.8. The summed E-state index contributed by atoms with van der Waals surface area (Å²) in [5, 5.41) is 3.23. The normalized spacial score (nSPS) is 16.5. The molecule has 0 heterocycles. The average molecular weight is 257 g/mol. The Labute approximate surface area is 101 Å². The minimum Gasteiger partial charge on any atom is -0.316 e. The molecule has 5 heteroatoms. The van der Waals surface area contributed by atoms with Gasteiger partial charge in [0.25, 0.3) is 0 Å². The number of nitrogens with one attached hydrogen (secondary N) is 1. The van der Waals surface area contributed by atoms with Crippen molar-refractivity contribution in [2.75, 3.05) is 18.8 Å². The first kappa shape index (κ1) is 16.1. The van der Waals surface area contributed by atoms with E-state index in [0.29, 0.717) is 12.3 Å². The van der Waals surface area contributed by atoms with Gasteiger partial charge in [-0.2, -0.15) is 13.2 Å². The third-order valence-corrected chi connectivity index (χ3v) is 3.85. The van der Waals surface area contributed by atoms with Crippen LogP contribution < -0.4 is 5.32 Å². The first-order valence-corrected chi connectivity index (χ1v) is 6.61. The summed E-state index contributed by atoms with van der Waals surface area (Å²) in [7, 11) is 0. The molecule has 0 radical (unpaired) electrons. The molecule has 0 aromatic carbocycles. The van der Waals surface area contributed by atoms with Gasteiger partial charge in [0.2, 0.25) is 0 Å². The van der Waals surface area contributed by atoms with Crippen molar-refractivity contribution < 1.29 is 13.2 Å². The summed E-state index contributed by atoms with van der Waals surface area (Å²) >= 11 is 0.0835. The lowest BCUT2D eigenvalue weighted by Gasteiger charge is -2.34. The maximum Gasteiger partial charge on any atom is 0.441 e. The van der Waals surface area contributed by atoms with E-state index in [-0.39, 0.29) is 22.9 Å². The molecule has 0 aromatic heterocycles. The summed E-state index contributed by atoms with van der Waals surface area (Å²) in [5.41, 5.74) is -4.16. The Hall–Kier alpha value is 0.100. The van der Waals surface area contributed by atoms with Crippen molar-refractivity contribution in [2.24, 2.45) is 11.3 Å². The molecular formula is C11H22F3NS. The molecular weight excluding hydrogens is 235 g/mol. The quantitative estimate of drug-likeness (QED) is 0.742. The number of rotatable bonds is 7. The van der Waals surface area contributed by atoms with Crippen LogP contribution in [0.1, 0.15) is 34.1 Å². The molecule has 0 amide bonds. The molecule has 0 aromatic rings. The molecule has 1 N–H and O–H groups in total. The van der Waals surface area contributed by atoms with Crippen LogP contribution in [-0.4, -0.2) is 24.4 Å². The van der Waals surface area contributed by atoms with Crippen LogP contribution in [0.25, 0.3) is 0 Å². The maximum absolute atomic E-state index is 12.0. The van der Waals surface area contributed by atoms with Crippen molar-refractivity contribution in [2.45, 2.75) is 39.6 Å². The van der Waals surface area contributed by atoms with E-state index in [2.05, 4.69) is 26.1 Å². The molecule has 0 aliphatic rings. The second-order valence-corrected chi connectivity index (χ2v) is 5.79. The predicted molar refractivity (Wildman–Crippen MR) is 64.6 cm³/mol. The van der Waals surface area contributed by atoms with Gasteiger partial charge in [0, 0.05) is 12.3 Å². The monoisotopic (exact) mass is 257 g/mol. The van der Waals surface area contributed by atoms with Crippen LogP contribution in [0.15, 0.2) is 0 Å². The van der Waals surface area contributed by atoms with Crippen LogP contribution in [0.2, 0.25) is 0 Å². The van der Waals surface area contributed by atoms with Crippen LogP contribution in [0.3, 0.4) is 0 Å². The van der Waals surface area contributed by atoms with Gasteiger partial charge in [-0.15, -0.1) is 0 Å². The second kappa shape index (κ2) is 6.74. The second-order valence-electron chi connectivity index (χ2n) is 4.63. The number of halogens is 3. The van der Waals surface area contributed by atoms with E-state index in [1.807, 2.05) is 6.92 Å². The summed E-state index contributed by atoms with van der Waals surface area (Å²) in [5.74, 6) is 0.518. The van der Waals surface area contributed by atoms with Crippen LogP contribution in [0, 0.1) is 11.3 Å². The Morgan fingerprint density at radius 3 is 2.19 bits per heavy atom. The van der Waals surface area contributed by atoms with Gasteiger partial charge >= 0.3 is 5.51 Å². The molecule has 0 aliphatic carbocycles. The van der Waals surface area contributed by atoms with E-state index in [9.17, 15) is 13.2 Å². The Balaban J connectivity index is 4.12. The smallest absolute Gasteiger partial charge is 0.316 e. The summed E-state index contributed by atoms with van der Waals surface area (Å²) in [6.45, 7) is 9.82. The zero-order valence-electron chi connectivity index (χ0n) is 10.4. The number of thioether (sulfide) groups is 1. The minimum absolute atomic E-state index is 0.0612. The summed E-state index contributed by atoms with van der Waals surface area (Å²) < 4.78 is 36.1. The molecule has 0 bridgehead atoms. The molecule has 16 heavy (non-hydrogen) atoms. The Morgan fingerprint density at radius 1 is 1.25 bits per heavy atom. The van der Waals surface area contributed by atoms with E-state index in [0.717, 1.165) is 13.1 Å². The summed E-state index contributed by atoms with van der Waals surface area (Å²) in [6, 6.07) is 0. The van der Waals surface area contributed by atoms with Crippen molar-refractivity contribution >= 4 is 11.8 Å². The molecule has 1 unspecified atom stereocenters. The first-order chi connectivity index (χ1) is 7.21. The Morgan fingerprint density at radius 2 is 1.81 bits per heavy atom. The van der Waals surface area contributed by atoms with Gasteiger partial charge in [-0.1, -0.05) is 39.5 Å². The van der Waals surface area contributed by atoms with Gasteiger partial charge in [0.15, 0.2) is 0 Å². The first-order valence-electron chi connectivity index (χ1n) is 5.62. The largest absolute Gasteiger partial charge is 0.441 e. The van der Waals surface area contributed by atoms with Gasteiger partial charge in [-0.3, -0.25) is 0 Å². The topological polar surface area (TPSA) is 12.0 Å². The van der Waals surface area contributed by atoms with Crippen LogP contribution in [-0.2, 0) is 0 Å². The van der Waals surface area contributed by atoms with Crippen molar-refractivity contribution in [3.05, 3.63) is 0 Å². The third-order valence-electron chi connectivity index (χ3n) is 3.11. The summed E-state index contributed by atoms with van der Waals surface area (Å²) in [6.07, 6.45) is 0.585. The Kier molecular flexibility index (Phi) is 6.79. The van der Waals surface area contributed by atoms with Gasteiger partial charge in [-0.05, 0) is 24.3 Å². The molecule has 0 aliphatic heterocycles. The van der Waals surface area contributed by atoms with Crippen molar-refractivity contribution in [3.63, 3.8) is 0 Å². The standard InChI is InChI=1S/C11H22F3NS/c1-5-15-8-10(4,9(2)3)6-7-16-11(12,13)14/h9,15H,5-8H2,1-4H3. The SMILES string of the molecule is CCNCC(C)(CCSC(F)(F)F)C(C)C. The van der Waals surface area contributed by atoms with Gasteiger partial charge in [0.05, 0.1) is 0 Å². The molecule has 98 valence electrons. The third kappa shape index (κ3) is 6.63. The fraction of sp³-hybridized carbons (Fsp3) is 1.00. The van der Waals surface area contributed by atoms with Gasteiger partial charge in [-0.25, -0.2) is 0 Å². The number of hydrogen-bond acceptors (Lipinski definition) is 2. The van der Waals surface area contributed by atoms with Crippen LogP contribution in [0.4, 0.5) is 13.2 Å². The predicted octanol–water partition coefficient (Wildman–Crippen LogP) is 3.90. The Bertz CT molecular complexity index is 194. The minimum atomic E-state index is -4.10.